The molecular weight excluding hydrogens is 326 g/mol. The summed E-state index contributed by atoms with van der Waals surface area (Å²) in [4.78, 5) is 18.8. The van der Waals surface area contributed by atoms with Crippen LogP contribution in [0.2, 0.25) is 0 Å². The van der Waals surface area contributed by atoms with Gasteiger partial charge in [-0.05, 0) is 36.6 Å². The third-order valence-electron chi connectivity index (χ3n) is 4.66. The summed E-state index contributed by atoms with van der Waals surface area (Å²) in [6.07, 6.45) is 4.18. The highest BCUT2D eigenvalue weighted by Gasteiger charge is 2.22. The molecule has 1 aliphatic rings. The Morgan fingerprint density at radius 2 is 2.00 bits per heavy atom. The van der Waals surface area contributed by atoms with E-state index < -0.39 is 0 Å². The van der Waals surface area contributed by atoms with Crippen LogP contribution in [0.1, 0.15) is 12.3 Å². The Labute approximate surface area is 152 Å². The maximum Gasteiger partial charge on any atom is 0.244 e. The number of rotatable bonds is 5. The summed E-state index contributed by atoms with van der Waals surface area (Å²) in [7, 11) is 0. The predicted molar refractivity (Wildman–Crippen MR) is 103 cm³/mol. The van der Waals surface area contributed by atoms with E-state index in [9.17, 15) is 4.79 Å². The lowest BCUT2D eigenvalue weighted by Crippen LogP contribution is -2.29. The second kappa shape index (κ2) is 7.44. The van der Waals surface area contributed by atoms with E-state index in [2.05, 4.69) is 39.5 Å². The van der Waals surface area contributed by atoms with Gasteiger partial charge in [0.25, 0.3) is 0 Å². The molecular formula is C21H21N3O2. The van der Waals surface area contributed by atoms with Gasteiger partial charge in [0.2, 0.25) is 11.8 Å². The third-order valence-corrected chi connectivity index (χ3v) is 4.66. The number of aromatic nitrogens is 1. The Hall–Kier alpha value is -3.08. The number of nitrogens with one attached hydrogen (secondary N) is 1. The van der Waals surface area contributed by atoms with Crippen molar-refractivity contribution >= 4 is 28.8 Å². The highest BCUT2D eigenvalue weighted by molar-refractivity contribution is 5.91. The zero-order chi connectivity index (χ0) is 17.8. The fraction of sp³-hybridized carbons (Fsp3) is 0.238. The third kappa shape index (κ3) is 3.77. The number of oxazole rings is 1. The number of amides is 1. The van der Waals surface area contributed by atoms with Crippen molar-refractivity contribution in [3.05, 3.63) is 66.6 Å². The highest BCUT2D eigenvalue weighted by Crippen LogP contribution is 2.23. The molecule has 2 heterocycles. The summed E-state index contributed by atoms with van der Waals surface area (Å²) < 4.78 is 5.57. The van der Waals surface area contributed by atoms with E-state index in [1.165, 1.54) is 11.8 Å². The second-order valence-electron chi connectivity index (χ2n) is 6.53. The number of carbonyl (C=O) groups excluding carboxylic acids is 1. The zero-order valence-corrected chi connectivity index (χ0v) is 14.5. The molecule has 0 aliphatic carbocycles. The first kappa shape index (κ1) is 16.4. The fourth-order valence-corrected chi connectivity index (χ4v) is 3.28. The van der Waals surface area contributed by atoms with Crippen molar-refractivity contribution in [2.75, 3.05) is 24.5 Å². The Balaban J connectivity index is 1.27. The molecule has 0 spiro atoms. The fourth-order valence-electron chi connectivity index (χ4n) is 3.28. The average Bonchev–Trinajstić information content (AvgIpc) is 3.32. The highest BCUT2D eigenvalue weighted by atomic mass is 16.3. The monoisotopic (exact) mass is 347 g/mol. The molecule has 132 valence electrons. The van der Waals surface area contributed by atoms with Crippen LogP contribution in [0, 0.1) is 5.92 Å². The minimum absolute atomic E-state index is 0.120. The molecule has 1 saturated heterocycles. The number of benzene rings is 2. The van der Waals surface area contributed by atoms with E-state index in [-0.39, 0.29) is 5.91 Å². The van der Waals surface area contributed by atoms with Gasteiger partial charge in [-0.25, -0.2) is 4.98 Å². The van der Waals surface area contributed by atoms with Crippen molar-refractivity contribution in [3.63, 3.8) is 0 Å². The Morgan fingerprint density at radius 3 is 2.85 bits per heavy atom. The van der Waals surface area contributed by atoms with Gasteiger partial charge >= 0.3 is 0 Å². The molecule has 1 aliphatic heterocycles. The van der Waals surface area contributed by atoms with E-state index in [1.54, 1.807) is 6.08 Å². The lowest BCUT2D eigenvalue weighted by Gasteiger charge is -2.18. The first-order valence-corrected chi connectivity index (χ1v) is 8.89. The predicted octanol–water partition coefficient (Wildman–Crippen LogP) is 3.48. The quantitative estimate of drug-likeness (QED) is 0.718. The van der Waals surface area contributed by atoms with Crippen LogP contribution in [-0.4, -0.2) is 30.5 Å². The summed E-state index contributed by atoms with van der Waals surface area (Å²) >= 11 is 0. The van der Waals surface area contributed by atoms with Crippen LogP contribution < -0.4 is 10.2 Å². The molecule has 2 aromatic carbocycles. The molecule has 1 atom stereocenters. The van der Waals surface area contributed by atoms with E-state index in [0.717, 1.165) is 30.6 Å². The van der Waals surface area contributed by atoms with Crippen molar-refractivity contribution < 1.29 is 9.21 Å². The number of hydrogen-bond acceptors (Lipinski definition) is 4. The molecule has 0 radical (unpaired) electrons. The normalized spacial score (nSPS) is 17.2. The standard InChI is InChI=1S/C21H21N3O2/c25-20(10-11-21-23-18-8-4-5-9-19(18)26-21)22-14-16-12-13-24(15-16)17-6-2-1-3-7-17/h1-11,16H,12-15H2,(H,22,25)/b11-10+. The second-order valence-corrected chi connectivity index (χ2v) is 6.53. The van der Waals surface area contributed by atoms with Crippen molar-refractivity contribution in [3.8, 4) is 0 Å². The summed E-state index contributed by atoms with van der Waals surface area (Å²) in [6.45, 7) is 2.68. The average molecular weight is 347 g/mol. The summed E-state index contributed by atoms with van der Waals surface area (Å²) in [6, 6.07) is 17.9. The summed E-state index contributed by atoms with van der Waals surface area (Å²) in [5, 5.41) is 2.98. The lowest BCUT2D eigenvalue weighted by atomic mass is 10.1. The summed E-state index contributed by atoms with van der Waals surface area (Å²) in [5.74, 6) is 0.791. The van der Waals surface area contributed by atoms with Crippen molar-refractivity contribution in [2.45, 2.75) is 6.42 Å². The maximum atomic E-state index is 12.1. The largest absolute Gasteiger partial charge is 0.437 e. The van der Waals surface area contributed by atoms with E-state index in [4.69, 9.17) is 4.42 Å². The molecule has 1 aromatic heterocycles. The minimum Gasteiger partial charge on any atom is -0.437 e. The van der Waals surface area contributed by atoms with Gasteiger partial charge in [0.05, 0.1) is 0 Å². The molecule has 4 rings (SSSR count). The molecule has 1 amide bonds. The number of hydrogen-bond donors (Lipinski definition) is 1. The van der Waals surface area contributed by atoms with E-state index >= 15 is 0 Å². The Kier molecular flexibility index (Phi) is 4.69. The van der Waals surface area contributed by atoms with Gasteiger partial charge in [0.15, 0.2) is 5.58 Å². The van der Waals surface area contributed by atoms with Crippen LogP contribution in [-0.2, 0) is 4.79 Å². The SMILES string of the molecule is O=C(/C=C/c1nc2ccccc2o1)NCC1CCN(c2ccccc2)C1. The van der Waals surface area contributed by atoms with Crippen molar-refractivity contribution in [1.29, 1.82) is 0 Å². The Bertz CT molecular complexity index is 884. The molecule has 1 N–H and O–H groups in total. The molecule has 0 bridgehead atoms. The van der Waals surface area contributed by atoms with Gasteiger partial charge < -0.3 is 14.6 Å². The number of para-hydroxylation sites is 3. The molecule has 1 fully saturated rings. The van der Waals surface area contributed by atoms with Gasteiger partial charge in [-0.1, -0.05) is 30.3 Å². The summed E-state index contributed by atoms with van der Waals surface area (Å²) in [5.41, 5.74) is 2.76. The molecule has 0 saturated carbocycles. The smallest absolute Gasteiger partial charge is 0.244 e. The van der Waals surface area contributed by atoms with Crippen LogP contribution in [0.4, 0.5) is 5.69 Å². The van der Waals surface area contributed by atoms with Crippen LogP contribution in [0.25, 0.3) is 17.2 Å². The van der Waals surface area contributed by atoms with Gasteiger partial charge in [0.1, 0.15) is 5.52 Å². The molecule has 5 nitrogen and oxygen atoms in total. The first-order valence-electron chi connectivity index (χ1n) is 8.89. The van der Waals surface area contributed by atoms with Gasteiger partial charge in [-0.3, -0.25) is 4.79 Å². The topological polar surface area (TPSA) is 58.4 Å². The molecule has 1 unspecified atom stereocenters. The van der Waals surface area contributed by atoms with Gasteiger partial charge in [-0.2, -0.15) is 0 Å². The van der Waals surface area contributed by atoms with E-state index in [1.807, 2.05) is 30.3 Å². The number of fused-ring (bicyclic) bond motifs is 1. The van der Waals surface area contributed by atoms with Gasteiger partial charge in [-0.15, -0.1) is 0 Å². The number of nitrogens with zero attached hydrogens (tertiary/aromatic N) is 2. The van der Waals surface area contributed by atoms with Crippen LogP contribution in [0.15, 0.2) is 65.1 Å². The lowest BCUT2D eigenvalue weighted by molar-refractivity contribution is -0.116. The maximum absolute atomic E-state index is 12.1. The molecule has 26 heavy (non-hydrogen) atoms. The zero-order valence-electron chi connectivity index (χ0n) is 14.5. The van der Waals surface area contributed by atoms with Crippen molar-refractivity contribution in [1.82, 2.24) is 10.3 Å². The van der Waals surface area contributed by atoms with Crippen LogP contribution in [0.3, 0.4) is 0 Å². The van der Waals surface area contributed by atoms with Gasteiger partial charge in [0, 0.05) is 37.5 Å². The number of carbonyl (C=O) groups is 1. The van der Waals surface area contributed by atoms with Crippen LogP contribution in [0.5, 0.6) is 0 Å². The molecule has 3 aromatic rings. The Morgan fingerprint density at radius 1 is 1.19 bits per heavy atom. The van der Waals surface area contributed by atoms with Crippen molar-refractivity contribution in [2.24, 2.45) is 5.92 Å². The first-order chi connectivity index (χ1) is 12.8. The van der Waals surface area contributed by atoms with Crippen LogP contribution >= 0.6 is 0 Å². The molecule has 5 heteroatoms. The minimum atomic E-state index is -0.120. The number of anilines is 1. The van der Waals surface area contributed by atoms with E-state index in [0.29, 0.717) is 18.4 Å².